The van der Waals surface area contributed by atoms with Gasteiger partial charge in [0.25, 0.3) is 0 Å². The molecule has 1 aromatic rings. The first-order valence-corrected chi connectivity index (χ1v) is 5.37. The predicted octanol–water partition coefficient (Wildman–Crippen LogP) is 1.30. The molecular weight excluding hydrogens is 202 g/mol. The van der Waals surface area contributed by atoms with Crippen LogP contribution in [-0.4, -0.2) is 38.2 Å². The molecule has 0 radical (unpaired) electrons. The summed E-state index contributed by atoms with van der Waals surface area (Å²) in [6, 6.07) is 8.04. The van der Waals surface area contributed by atoms with E-state index in [1.807, 2.05) is 12.1 Å². The zero-order chi connectivity index (χ0) is 11.4. The fourth-order valence-electron chi connectivity index (χ4n) is 1.86. The summed E-state index contributed by atoms with van der Waals surface area (Å²) < 4.78 is 5.12. The van der Waals surface area contributed by atoms with E-state index in [4.69, 9.17) is 10.00 Å². The molecule has 4 heteroatoms. The number of nitrogens with zero attached hydrogens (tertiary/aromatic N) is 3. The molecule has 0 atom stereocenters. The Balaban J connectivity index is 2.00. The normalized spacial score (nSPS) is 15.8. The molecule has 0 amide bonds. The predicted molar refractivity (Wildman–Crippen MR) is 62.4 cm³/mol. The number of hydrogen-bond donors (Lipinski definition) is 0. The van der Waals surface area contributed by atoms with Crippen molar-refractivity contribution in [1.82, 2.24) is 4.90 Å². The number of anilines is 1. The van der Waals surface area contributed by atoms with Crippen LogP contribution in [0.3, 0.4) is 0 Å². The van der Waals surface area contributed by atoms with Crippen molar-refractivity contribution in [2.75, 3.05) is 38.2 Å². The quantitative estimate of drug-likeness (QED) is 0.700. The minimum atomic E-state index is 0.808. The van der Waals surface area contributed by atoms with E-state index in [0.29, 0.717) is 0 Å². The van der Waals surface area contributed by atoms with Gasteiger partial charge in [0.15, 0.2) is 6.19 Å². The Morgan fingerprint density at radius 1 is 1.12 bits per heavy atom. The smallest absolute Gasteiger partial charge is 0.179 e. The van der Waals surface area contributed by atoms with E-state index in [1.54, 1.807) is 12.0 Å². The SMILES string of the molecule is COc1ccc(N2CCN(C#N)CC2)cc1. The molecule has 0 aromatic heterocycles. The van der Waals surface area contributed by atoms with Crippen LogP contribution in [0.1, 0.15) is 0 Å². The van der Waals surface area contributed by atoms with E-state index in [1.165, 1.54) is 5.69 Å². The fraction of sp³-hybridized carbons (Fsp3) is 0.417. The van der Waals surface area contributed by atoms with Gasteiger partial charge in [-0.15, -0.1) is 0 Å². The van der Waals surface area contributed by atoms with Gasteiger partial charge < -0.3 is 14.5 Å². The van der Waals surface area contributed by atoms with Crippen molar-refractivity contribution in [3.8, 4) is 11.9 Å². The van der Waals surface area contributed by atoms with Gasteiger partial charge in [0.1, 0.15) is 5.75 Å². The van der Waals surface area contributed by atoms with Crippen molar-refractivity contribution >= 4 is 5.69 Å². The Kier molecular flexibility index (Phi) is 3.16. The Bertz CT molecular complexity index is 374. The largest absolute Gasteiger partial charge is 0.497 e. The first kappa shape index (κ1) is 10.6. The van der Waals surface area contributed by atoms with Crippen molar-refractivity contribution in [2.45, 2.75) is 0 Å². The minimum absolute atomic E-state index is 0.808. The van der Waals surface area contributed by atoms with E-state index >= 15 is 0 Å². The van der Waals surface area contributed by atoms with Crippen LogP contribution in [0.15, 0.2) is 24.3 Å². The van der Waals surface area contributed by atoms with Crippen LogP contribution >= 0.6 is 0 Å². The van der Waals surface area contributed by atoms with Crippen molar-refractivity contribution in [2.24, 2.45) is 0 Å². The van der Waals surface area contributed by atoms with E-state index in [-0.39, 0.29) is 0 Å². The maximum absolute atomic E-state index is 8.76. The fourth-order valence-corrected chi connectivity index (χ4v) is 1.86. The van der Waals surface area contributed by atoms with Gasteiger partial charge in [-0.2, -0.15) is 5.26 Å². The summed E-state index contributed by atoms with van der Waals surface area (Å²) in [7, 11) is 1.67. The van der Waals surface area contributed by atoms with Crippen LogP contribution in [0.2, 0.25) is 0 Å². The van der Waals surface area contributed by atoms with Gasteiger partial charge in [-0.1, -0.05) is 0 Å². The molecule has 0 saturated carbocycles. The molecule has 1 heterocycles. The monoisotopic (exact) mass is 217 g/mol. The number of ether oxygens (including phenoxy) is 1. The van der Waals surface area contributed by atoms with Gasteiger partial charge in [0.2, 0.25) is 0 Å². The summed E-state index contributed by atoms with van der Waals surface area (Å²) in [6.07, 6.45) is 2.18. The van der Waals surface area contributed by atoms with Crippen molar-refractivity contribution in [1.29, 1.82) is 5.26 Å². The molecule has 1 fully saturated rings. The van der Waals surface area contributed by atoms with Gasteiger partial charge in [-0.05, 0) is 24.3 Å². The molecule has 0 aliphatic carbocycles. The lowest BCUT2D eigenvalue weighted by Gasteiger charge is -2.33. The summed E-state index contributed by atoms with van der Waals surface area (Å²) in [5.41, 5.74) is 1.19. The van der Waals surface area contributed by atoms with Gasteiger partial charge in [-0.25, -0.2) is 0 Å². The molecule has 1 saturated heterocycles. The molecule has 1 aliphatic rings. The van der Waals surface area contributed by atoms with Gasteiger partial charge in [-0.3, -0.25) is 0 Å². The molecule has 0 N–H and O–H groups in total. The maximum Gasteiger partial charge on any atom is 0.179 e. The summed E-state index contributed by atoms with van der Waals surface area (Å²) >= 11 is 0. The number of piperazine rings is 1. The molecule has 84 valence electrons. The molecule has 16 heavy (non-hydrogen) atoms. The zero-order valence-corrected chi connectivity index (χ0v) is 9.39. The Hall–Kier alpha value is -1.89. The lowest BCUT2D eigenvalue weighted by atomic mass is 10.2. The second-order valence-electron chi connectivity index (χ2n) is 3.77. The summed E-state index contributed by atoms with van der Waals surface area (Å²) in [5.74, 6) is 0.874. The average molecular weight is 217 g/mol. The van der Waals surface area contributed by atoms with E-state index in [0.717, 1.165) is 31.9 Å². The van der Waals surface area contributed by atoms with E-state index in [2.05, 4.69) is 23.2 Å². The molecule has 1 aromatic carbocycles. The molecule has 0 spiro atoms. The van der Waals surface area contributed by atoms with Crippen LogP contribution in [0, 0.1) is 11.5 Å². The third kappa shape index (κ3) is 2.19. The van der Waals surface area contributed by atoms with Crippen LogP contribution in [0.4, 0.5) is 5.69 Å². The van der Waals surface area contributed by atoms with Gasteiger partial charge in [0.05, 0.1) is 7.11 Å². The van der Waals surface area contributed by atoms with Gasteiger partial charge >= 0.3 is 0 Å². The van der Waals surface area contributed by atoms with Crippen molar-refractivity contribution < 1.29 is 4.74 Å². The number of benzene rings is 1. The lowest BCUT2D eigenvalue weighted by Crippen LogP contribution is -2.44. The van der Waals surface area contributed by atoms with Crippen molar-refractivity contribution in [3.05, 3.63) is 24.3 Å². The summed E-state index contributed by atoms with van der Waals surface area (Å²) in [6.45, 7) is 3.42. The zero-order valence-electron chi connectivity index (χ0n) is 9.39. The van der Waals surface area contributed by atoms with E-state index in [9.17, 15) is 0 Å². The average Bonchev–Trinajstić information content (AvgIpc) is 2.39. The summed E-state index contributed by atoms with van der Waals surface area (Å²) in [5, 5.41) is 8.76. The lowest BCUT2D eigenvalue weighted by molar-refractivity contribution is 0.363. The van der Waals surface area contributed by atoms with Crippen LogP contribution in [-0.2, 0) is 0 Å². The first-order chi connectivity index (χ1) is 7.83. The third-order valence-electron chi connectivity index (χ3n) is 2.86. The number of nitriles is 1. The highest BCUT2D eigenvalue weighted by Gasteiger charge is 2.15. The molecule has 2 rings (SSSR count). The molecule has 0 bridgehead atoms. The summed E-state index contributed by atoms with van der Waals surface area (Å²) in [4.78, 5) is 4.08. The standard InChI is InChI=1S/C12H15N3O/c1-16-12-4-2-11(3-5-12)15-8-6-14(10-13)7-9-15/h2-5H,6-9H2,1H3. The minimum Gasteiger partial charge on any atom is -0.497 e. The number of methoxy groups -OCH3 is 1. The van der Waals surface area contributed by atoms with E-state index < -0.39 is 0 Å². The number of hydrogen-bond acceptors (Lipinski definition) is 4. The van der Waals surface area contributed by atoms with Crippen molar-refractivity contribution in [3.63, 3.8) is 0 Å². The van der Waals surface area contributed by atoms with Crippen LogP contribution in [0.25, 0.3) is 0 Å². The third-order valence-corrected chi connectivity index (χ3v) is 2.86. The Morgan fingerprint density at radius 2 is 1.75 bits per heavy atom. The first-order valence-electron chi connectivity index (χ1n) is 5.37. The molecule has 0 unspecified atom stereocenters. The molecule has 4 nitrogen and oxygen atoms in total. The Labute approximate surface area is 95.6 Å². The maximum atomic E-state index is 8.76. The molecule has 1 aliphatic heterocycles. The highest BCUT2D eigenvalue weighted by Crippen LogP contribution is 2.20. The second-order valence-corrected chi connectivity index (χ2v) is 3.77. The molecular formula is C12H15N3O. The Morgan fingerprint density at radius 3 is 2.25 bits per heavy atom. The van der Waals surface area contributed by atoms with Crippen LogP contribution in [0.5, 0.6) is 5.75 Å². The highest BCUT2D eigenvalue weighted by atomic mass is 16.5. The second kappa shape index (κ2) is 4.75. The highest BCUT2D eigenvalue weighted by molar-refractivity contribution is 5.49. The van der Waals surface area contributed by atoms with Gasteiger partial charge in [0, 0.05) is 31.9 Å². The number of rotatable bonds is 2. The van der Waals surface area contributed by atoms with Crippen LogP contribution < -0.4 is 9.64 Å². The topological polar surface area (TPSA) is 39.5 Å².